The first-order valence-electron chi connectivity index (χ1n) is 6.56. The van der Waals surface area contributed by atoms with Crippen molar-refractivity contribution in [1.82, 2.24) is 9.97 Å². The van der Waals surface area contributed by atoms with Crippen molar-refractivity contribution in [1.29, 1.82) is 0 Å². The molecule has 0 saturated carbocycles. The average Bonchev–Trinajstić information content (AvgIpc) is 2.79. The van der Waals surface area contributed by atoms with E-state index in [1.807, 2.05) is 13.8 Å². The Morgan fingerprint density at radius 2 is 2.10 bits per heavy atom. The maximum atomic E-state index is 13.2. The minimum absolute atomic E-state index is 0.310. The number of aromatic nitrogens is 2. The summed E-state index contributed by atoms with van der Waals surface area (Å²) < 4.78 is 13.2. The molecule has 0 saturated heterocycles. The number of nitrogens with zero attached hydrogens (tertiary/aromatic N) is 2. The van der Waals surface area contributed by atoms with Crippen molar-refractivity contribution in [3.63, 3.8) is 0 Å². The zero-order valence-corrected chi connectivity index (χ0v) is 13.1. The zero-order chi connectivity index (χ0) is 15.0. The summed E-state index contributed by atoms with van der Waals surface area (Å²) in [7, 11) is 0. The van der Waals surface area contributed by atoms with Crippen molar-refractivity contribution in [3.05, 3.63) is 40.0 Å². The predicted octanol–water partition coefficient (Wildman–Crippen LogP) is 4.89. The number of fused-ring (bicyclic) bond motifs is 1. The molecule has 0 spiro atoms. The highest BCUT2D eigenvalue weighted by Gasteiger charge is 2.14. The van der Waals surface area contributed by atoms with Crippen LogP contribution < -0.4 is 5.32 Å². The van der Waals surface area contributed by atoms with Gasteiger partial charge >= 0.3 is 0 Å². The summed E-state index contributed by atoms with van der Waals surface area (Å²) in [6, 6.07) is 6.31. The first-order chi connectivity index (χ1) is 10.1. The van der Waals surface area contributed by atoms with E-state index in [9.17, 15) is 4.39 Å². The normalized spacial score (nSPS) is 11.0. The zero-order valence-electron chi connectivity index (χ0n) is 11.6. The monoisotopic (exact) mass is 321 g/mol. The predicted molar refractivity (Wildman–Crippen MR) is 86.7 cm³/mol. The molecule has 6 heteroatoms. The molecule has 0 bridgehead atoms. The van der Waals surface area contributed by atoms with Gasteiger partial charge in [-0.05, 0) is 38.1 Å². The SMILES string of the molecule is CCNc1nc(-c2ccc(F)cc2Cl)nc2sc(C)cc12. The Hall–Kier alpha value is -1.72. The number of anilines is 1. The van der Waals surface area contributed by atoms with E-state index in [1.165, 1.54) is 17.0 Å². The van der Waals surface area contributed by atoms with Crippen LogP contribution in [0.5, 0.6) is 0 Å². The molecule has 3 aromatic rings. The average molecular weight is 322 g/mol. The van der Waals surface area contributed by atoms with Gasteiger partial charge < -0.3 is 5.32 Å². The van der Waals surface area contributed by atoms with Crippen molar-refractivity contribution in [2.45, 2.75) is 13.8 Å². The number of aryl methyl sites for hydroxylation is 1. The molecular formula is C15H13ClFN3S. The fourth-order valence-corrected chi connectivity index (χ4v) is 3.27. The van der Waals surface area contributed by atoms with Crippen LogP contribution in [0.1, 0.15) is 11.8 Å². The molecule has 1 N–H and O–H groups in total. The lowest BCUT2D eigenvalue weighted by Gasteiger charge is -2.08. The Balaban J connectivity index is 2.22. The molecule has 0 aliphatic rings. The Kier molecular flexibility index (Phi) is 3.78. The summed E-state index contributed by atoms with van der Waals surface area (Å²) in [5.74, 6) is 0.913. The summed E-state index contributed by atoms with van der Waals surface area (Å²) in [6.07, 6.45) is 0. The molecule has 1 aromatic carbocycles. The molecule has 0 unspecified atom stereocenters. The number of halogens is 2. The lowest BCUT2D eigenvalue weighted by molar-refractivity contribution is 0.628. The number of hydrogen-bond acceptors (Lipinski definition) is 4. The number of nitrogens with one attached hydrogen (secondary N) is 1. The smallest absolute Gasteiger partial charge is 0.164 e. The van der Waals surface area contributed by atoms with E-state index >= 15 is 0 Å². The van der Waals surface area contributed by atoms with Crippen LogP contribution in [-0.4, -0.2) is 16.5 Å². The summed E-state index contributed by atoms with van der Waals surface area (Å²) in [6.45, 7) is 4.81. The van der Waals surface area contributed by atoms with Gasteiger partial charge in [0.1, 0.15) is 16.5 Å². The molecule has 0 aliphatic carbocycles. The van der Waals surface area contributed by atoms with E-state index in [0.717, 1.165) is 22.6 Å². The molecule has 0 atom stereocenters. The van der Waals surface area contributed by atoms with Gasteiger partial charge in [-0.1, -0.05) is 11.6 Å². The largest absolute Gasteiger partial charge is 0.370 e. The molecular weight excluding hydrogens is 309 g/mol. The van der Waals surface area contributed by atoms with Crippen LogP contribution in [0.15, 0.2) is 24.3 Å². The van der Waals surface area contributed by atoms with Crippen LogP contribution in [-0.2, 0) is 0 Å². The first kappa shape index (κ1) is 14.2. The topological polar surface area (TPSA) is 37.8 Å². The van der Waals surface area contributed by atoms with Crippen molar-refractivity contribution in [3.8, 4) is 11.4 Å². The second kappa shape index (κ2) is 5.58. The molecule has 0 radical (unpaired) electrons. The Bertz CT molecular complexity index is 816. The quantitative estimate of drug-likeness (QED) is 0.746. The van der Waals surface area contributed by atoms with E-state index in [1.54, 1.807) is 17.4 Å². The minimum atomic E-state index is -0.372. The number of rotatable bonds is 3. The molecule has 0 amide bonds. The molecule has 2 heterocycles. The van der Waals surface area contributed by atoms with Crippen LogP contribution in [0.3, 0.4) is 0 Å². The van der Waals surface area contributed by atoms with Gasteiger partial charge in [0, 0.05) is 17.0 Å². The number of benzene rings is 1. The third kappa shape index (κ3) is 2.71. The minimum Gasteiger partial charge on any atom is -0.370 e. The van der Waals surface area contributed by atoms with Gasteiger partial charge in [0.2, 0.25) is 0 Å². The third-order valence-electron chi connectivity index (χ3n) is 3.03. The summed E-state index contributed by atoms with van der Waals surface area (Å²) in [5.41, 5.74) is 0.630. The van der Waals surface area contributed by atoms with Gasteiger partial charge in [0.05, 0.1) is 10.4 Å². The Morgan fingerprint density at radius 3 is 2.81 bits per heavy atom. The highest BCUT2D eigenvalue weighted by atomic mass is 35.5. The molecule has 108 valence electrons. The van der Waals surface area contributed by atoms with Crippen LogP contribution in [0.4, 0.5) is 10.2 Å². The fourth-order valence-electron chi connectivity index (χ4n) is 2.14. The van der Waals surface area contributed by atoms with E-state index in [-0.39, 0.29) is 5.82 Å². The molecule has 2 aromatic heterocycles. The molecule has 0 aliphatic heterocycles. The molecule has 3 rings (SSSR count). The lowest BCUT2D eigenvalue weighted by Crippen LogP contribution is -2.02. The number of thiophene rings is 1. The Morgan fingerprint density at radius 1 is 1.29 bits per heavy atom. The van der Waals surface area contributed by atoms with Crippen molar-refractivity contribution in [2.24, 2.45) is 0 Å². The maximum Gasteiger partial charge on any atom is 0.164 e. The van der Waals surface area contributed by atoms with E-state index in [2.05, 4.69) is 21.4 Å². The van der Waals surface area contributed by atoms with Crippen LogP contribution in [0.25, 0.3) is 21.6 Å². The van der Waals surface area contributed by atoms with Crippen molar-refractivity contribution < 1.29 is 4.39 Å². The van der Waals surface area contributed by atoms with E-state index in [4.69, 9.17) is 11.6 Å². The third-order valence-corrected chi connectivity index (χ3v) is 4.29. The van der Waals surface area contributed by atoms with Crippen LogP contribution >= 0.6 is 22.9 Å². The van der Waals surface area contributed by atoms with Crippen molar-refractivity contribution >= 4 is 39.0 Å². The standard InChI is InChI=1S/C15H13ClFN3S/c1-3-18-13-11-6-8(2)21-15(11)20-14(19-13)10-5-4-9(17)7-12(10)16/h4-7H,3H2,1-2H3,(H,18,19,20). The summed E-state index contributed by atoms with van der Waals surface area (Å²) in [4.78, 5) is 11.2. The molecule has 21 heavy (non-hydrogen) atoms. The molecule has 3 nitrogen and oxygen atoms in total. The lowest BCUT2D eigenvalue weighted by atomic mass is 10.2. The number of hydrogen-bond donors (Lipinski definition) is 1. The maximum absolute atomic E-state index is 13.2. The van der Waals surface area contributed by atoms with Gasteiger partial charge in [-0.15, -0.1) is 11.3 Å². The summed E-state index contributed by atoms with van der Waals surface area (Å²) in [5, 5.41) is 4.55. The van der Waals surface area contributed by atoms with Gasteiger partial charge in [-0.3, -0.25) is 0 Å². The van der Waals surface area contributed by atoms with Crippen LogP contribution in [0.2, 0.25) is 5.02 Å². The Labute approximate surface area is 130 Å². The van der Waals surface area contributed by atoms with Crippen molar-refractivity contribution in [2.75, 3.05) is 11.9 Å². The van der Waals surface area contributed by atoms with Gasteiger partial charge in [-0.2, -0.15) is 0 Å². The second-order valence-electron chi connectivity index (χ2n) is 4.63. The highest BCUT2D eigenvalue weighted by Crippen LogP contribution is 2.33. The van der Waals surface area contributed by atoms with Crippen LogP contribution in [0, 0.1) is 12.7 Å². The summed E-state index contributed by atoms with van der Waals surface area (Å²) >= 11 is 7.71. The molecule has 0 fully saturated rings. The van der Waals surface area contributed by atoms with Gasteiger partial charge in [0.25, 0.3) is 0 Å². The highest BCUT2D eigenvalue weighted by molar-refractivity contribution is 7.18. The van der Waals surface area contributed by atoms with E-state index < -0.39 is 0 Å². The van der Waals surface area contributed by atoms with E-state index in [0.29, 0.717) is 16.4 Å². The fraction of sp³-hybridized carbons (Fsp3) is 0.200. The van der Waals surface area contributed by atoms with Gasteiger partial charge in [-0.25, -0.2) is 14.4 Å². The second-order valence-corrected chi connectivity index (χ2v) is 6.27. The first-order valence-corrected chi connectivity index (χ1v) is 7.75. The van der Waals surface area contributed by atoms with Gasteiger partial charge in [0.15, 0.2) is 5.82 Å².